The van der Waals surface area contributed by atoms with Crippen LogP contribution in [0, 0.1) is 5.41 Å². The number of nitrogens with zero attached hydrogens (tertiary/aromatic N) is 1. The van der Waals surface area contributed by atoms with Gasteiger partial charge >= 0.3 is 6.61 Å². The molecular formula is C11H15F2NO. The summed E-state index contributed by atoms with van der Waals surface area (Å²) in [4.78, 5) is 4.06. The Kier molecular flexibility index (Phi) is 3.61. The molecular weight excluding hydrogens is 200 g/mol. The van der Waals surface area contributed by atoms with Gasteiger partial charge in [0.25, 0.3) is 0 Å². The molecule has 0 aliphatic heterocycles. The summed E-state index contributed by atoms with van der Waals surface area (Å²) in [6, 6.07) is 3.23. The predicted molar refractivity (Wildman–Crippen MR) is 54.0 cm³/mol. The van der Waals surface area contributed by atoms with Crippen molar-refractivity contribution in [3.8, 4) is 5.75 Å². The molecule has 0 radical (unpaired) electrons. The van der Waals surface area contributed by atoms with E-state index in [4.69, 9.17) is 0 Å². The van der Waals surface area contributed by atoms with E-state index in [-0.39, 0.29) is 11.2 Å². The Morgan fingerprint density at radius 2 is 2.00 bits per heavy atom. The number of alkyl halides is 2. The van der Waals surface area contributed by atoms with E-state index in [0.29, 0.717) is 0 Å². The van der Waals surface area contributed by atoms with Crippen LogP contribution in [0.5, 0.6) is 5.75 Å². The second-order valence-corrected chi connectivity index (χ2v) is 4.60. The van der Waals surface area contributed by atoms with Crippen LogP contribution in [0.4, 0.5) is 8.78 Å². The number of aromatic nitrogens is 1. The lowest BCUT2D eigenvalue weighted by Crippen LogP contribution is -2.10. The fourth-order valence-corrected chi connectivity index (χ4v) is 1.23. The van der Waals surface area contributed by atoms with E-state index >= 15 is 0 Å². The van der Waals surface area contributed by atoms with E-state index in [1.54, 1.807) is 6.07 Å². The first-order chi connectivity index (χ1) is 6.87. The van der Waals surface area contributed by atoms with Crippen molar-refractivity contribution in [2.24, 2.45) is 5.41 Å². The number of hydrogen-bond donors (Lipinski definition) is 0. The average molecular weight is 215 g/mol. The molecule has 4 heteroatoms. The third-order valence-electron chi connectivity index (χ3n) is 1.73. The summed E-state index contributed by atoms with van der Waals surface area (Å²) in [5.41, 5.74) is 1.02. The molecule has 0 bridgehead atoms. The molecule has 0 saturated heterocycles. The van der Waals surface area contributed by atoms with Gasteiger partial charge in [0.1, 0.15) is 5.75 Å². The van der Waals surface area contributed by atoms with Gasteiger partial charge in [0.05, 0.1) is 6.20 Å². The fourth-order valence-electron chi connectivity index (χ4n) is 1.23. The molecule has 0 amide bonds. The molecule has 84 valence electrons. The van der Waals surface area contributed by atoms with Gasteiger partial charge < -0.3 is 4.74 Å². The van der Waals surface area contributed by atoms with Gasteiger partial charge in [-0.2, -0.15) is 8.78 Å². The zero-order valence-corrected chi connectivity index (χ0v) is 9.13. The molecule has 2 nitrogen and oxygen atoms in total. The van der Waals surface area contributed by atoms with E-state index in [0.717, 1.165) is 12.1 Å². The van der Waals surface area contributed by atoms with Crippen molar-refractivity contribution < 1.29 is 13.5 Å². The van der Waals surface area contributed by atoms with Crippen LogP contribution in [0.1, 0.15) is 26.5 Å². The first kappa shape index (κ1) is 11.9. The normalized spacial score (nSPS) is 11.9. The molecule has 0 aliphatic rings. The van der Waals surface area contributed by atoms with Crippen molar-refractivity contribution in [2.75, 3.05) is 0 Å². The molecule has 0 atom stereocenters. The number of rotatable bonds is 3. The maximum Gasteiger partial charge on any atom is 0.387 e. The van der Waals surface area contributed by atoms with E-state index in [9.17, 15) is 8.78 Å². The van der Waals surface area contributed by atoms with Gasteiger partial charge in [-0.1, -0.05) is 20.8 Å². The maximum atomic E-state index is 11.8. The van der Waals surface area contributed by atoms with Crippen molar-refractivity contribution in [1.82, 2.24) is 4.98 Å². The molecule has 0 fully saturated rings. The fraction of sp³-hybridized carbons (Fsp3) is 0.545. The molecule has 0 aliphatic carbocycles. The lowest BCUT2D eigenvalue weighted by Gasteiger charge is -2.17. The van der Waals surface area contributed by atoms with Crippen molar-refractivity contribution in [3.05, 3.63) is 24.0 Å². The smallest absolute Gasteiger partial charge is 0.387 e. The van der Waals surface area contributed by atoms with Crippen LogP contribution in [0.2, 0.25) is 0 Å². The van der Waals surface area contributed by atoms with Crippen LogP contribution < -0.4 is 4.74 Å². The lowest BCUT2D eigenvalue weighted by atomic mass is 9.90. The van der Waals surface area contributed by atoms with Gasteiger partial charge in [0.2, 0.25) is 0 Å². The number of ether oxygens (including phenoxy) is 1. The Labute approximate surface area is 88.3 Å². The highest BCUT2D eigenvalue weighted by molar-refractivity contribution is 5.20. The Bertz CT molecular complexity index is 303. The van der Waals surface area contributed by atoms with Crippen molar-refractivity contribution >= 4 is 0 Å². The summed E-state index contributed by atoms with van der Waals surface area (Å²) in [6.45, 7) is 3.50. The van der Waals surface area contributed by atoms with Crippen molar-refractivity contribution in [2.45, 2.75) is 33.8 Å². The first-order valence-corrected chi connectivity index (χ1v) is 4.76. The highest BCUT2D eigenvalue weighted by Gasteiger charge is 2.12. The molecule has 1 aromatic rings. The van der Waals surface area contributed by atoms with Crippen LogP contribution in [-0.4, -0.2) is 11.6 Å². The van der Waals surface area contributed by atoms with Crippen LogP contribution in [0.25, 0.3) is 0 Å². The van der Waals surface area contributed by atoms with E-state index in [2.05, 4.69) is 30.5 Å². The zero-order chi connectivity index (χ0) is 11.5. The second-order valence-electron chi connectivity index (χ2n) is 4.60. The van der Waals surface area contributed by atoms with Crippen LogP contribution in [-0.2, 0) is 6.42 Å². The third kappa shape index (κ3) is 4.72. The molecule has 0 aromatic carbocycles. The third-order valence-corrected chi connectivity index (χ3v) is 1.73. The summed E-state index contributed by atoms with van der Waals surface area (Å²) in [5, 5.41) is 0. The van der Waals surface area contributed by atoms with Crippen molar-refractivity contribution in [3.63, 3.8) is 0 Å². The minimum Gasteiger partial charge on any atom is -0.433 e. The lowest BCUT2D eigenvalue weighted by molar-refractivity contribution is -0.0501. The Hall–Kier alpha value is -1.19. The largest absolute Gasteiger partial charge is 0.433 e. The molecule has 1 heterocycles. The average Bonchev–Trinajstić information content (AvgIpc) is 2.05. The maximum absolute atomic E-state index is 11.8. The van der Waals surface area contributed by atoms with Gasteiger partial charge in [0, 0.05) is 5.69 Å². The van der Waals surface area contributed by atoms with Gasteiger partial charge in [0.15, 0.2) is 0 Å². The van der Waals surface area contributed by atoms with Crippen LogP contribution in [0.3, 0.4) is 0 Å². The van der Waals surface area contributed by atoms with Gasteiger partial charge in [-0.05, 0) is 24.0 Å². The zero-order valence-electron chi connectivity index (χ0n) is 9.13. The first-order valence-electron chi connectivity index (χ1n) is 4.76. The number of halogens is 2. The minimum absolute atomic E-state index is 0.0997. The SMILES string of the molecule is CC(C)(C)Cc1ccc(OC(F)F)cn1. The topological polar surface area (TPSA) is 22.1 Å². The Morgan fingerprint density at radius 3 is 2.40 bits per heavy atom. The summed E-state index contributed by atoms with van der Waals surface area (Å²) < 4.78 is 27.9. The number of pyridine rings is 1. The minimum atomic E-state index is -2.79. The van der Waals surface area contributed by atoms with Crippen molar-refractivity contribution in [1.29, 1.82) is 0 Å². The highest BCUT2D eigenvalue weighted by Crippen LogP contribution is 2.20. The van der Waals surface area contributed by atoms with Gasteiger partial charge in [-0.25, -0.2) is 0 Å². The molecule has 15 heavy (non-hydrogen) atoms. The standard InChI is InChI=1S/C11H15F2NO/c1-11(2,3)6-8-4-5-9(7-14-8)15-10(12)13/h4-5,7,10H,6H2,1-3H3. The van der Waals surface area contributed by atoms with Crippen LogP contribution in [0.15, 0.2) is 18.3 Å². The monoisotopic (exact) mass is 215 g/mol. The molecule has 0 unspecified atom stereocenters. The quantitative estimate of drug-likeness (QED) is 0.772. The van der Waals surface area contributed by atoms with Crippen LogP contribution >= 0.6 is 0 Å². The molecule has 0 N–H and O–H groups in total. The summed E-state index contributed by atoms with van der Waals surface area (Å²) in [6.07, 6.45) is 2.13. The molecule has 1 aromatic heterocycles. The summed E-state index contributed by atoms with van der Waals surface area (Å²) in [5.74, 6) is 0.0997. The van der Waals surface area contributed by atoms with E-state index in [1.807, 2.05) is 0 Å². The van der Waals surface area contributed by atoms with E-state index in [1.165, 1.54) is 12.3 Å². The number of hydrogen-bond acceptors (Lipinski definition) is 2. The van der Waals surface area contributed by atoms with Gasteiger partial charge in [-0.15, -0.1) is 0 Å². The van der Waals surface area contributed by atoms with Gasteiger partial charge in [-0.3, -0.25) is 4.98 Å². The predicted octanol–water partition coefficient (Wildman–Crippen LogP) is 3.27. The summed E-state index contributed by atoms with van der Waals surface area (Å²) in [7, 11) is 0. The highest BCUT2D eigenvalue weighted by atomic mass is 19.3. The molecule has 0 saturated carbocycles. The second kappa shape index (κ2) is 4.55. The van der Waals surface area contributed by atoms with E-state index < -0.39 is 6.61 Å². The Morgan fingerprint density at radius 1 is 1.33 bits per heavy atom. The molecule has 0 spiro atoms. The Balaban J connectivity index is 2.64. The summed E-state index contributed by atoms with van der Waals surface area (Å²) >= 11 is 0. The molecule has 1 rings (SSSR count).